The van der Waals surface area contributed by atoms with Crippen LogP contribution in [0.25, 0.3) is 0 Å². The highest BCUT2D eigenvalue weighted by atomic mass is 19.4. The first-order valence-corrected chi connectivity index (χ1v) is 9.01. The molecular weight excluding hydrogens is 411 g/mol. The van der Waals surface area contributed by atoms with Crippen LogP contribution in [-0.4, -0.2) is 27.8 Å². The van der Waals surface area contributed by atoms with Gasteiger partial charge < -0.3 is 15.4 Å². The number of alkyl halides is 3. The van der Waals surface area contributed by atoms with Crippen LogP contribution < -0.4 is 15.4 Å². The standard InChI is InChI=1S/C21H18F3N5O2/c1-3-16(30)10-13-5-4-6-14(9-13)27-19-17(21(22,23)24)12-26-20(29-19)28-15-7-8-18(31-2)25-11-15/h3-9,11-12H,1,10H2,2H3,(H2,26,27,28,29). The SMILES string of the molecule is C=CC(=O)Cc1cccc(Nc2nc(Nc3ccc(OC)nc3)ncc2C(F)(F)F)c1. The minimum Gasteiger partial charge on any atom is -0.481 e. The van der Waals surface area contributed by atoms with Crippen molar-refractivity contribution in [2.24, 2.45) is 0 Å². The van der Waals surface area contributed by atoms with Gasteiger partial charge in [0.25, 0.3) is 0 Å². The topological polar surface area (TPSA) is 89.0 Å². The van der Waals surface area contributed by atoms with Crippen molar-refractivity contribution in [2.45, 2.75) is 12.6 Å². The number of hydrogen-bond acceptors (Lipinski definition) is 7. The summed E-state index contributed by atoms with van der Waals surface area (Å²) in [6.07, 6.45) is -1.25. The summed E-state index contributed by atoms with van der Waals surface area (Å²) < 4.78 is 45.4. The van der Waals surface area contributed by atoms with E-state index in [4.69, 9.17) is 4.74 Å². The Bertz CT molecular complexity index is 1090. The average Bonchev–Trinajstić information content (AvgIpc) is 2.74. The van der Waals surface area contributed by atoms with Gasteiger partial charge in [-0.25, -0.2) is 9.97 Å². The monoisotopic (exact) mass is 429 g/mol. The summed E-state index contributed by atoms with van der Waals surface area (Å²) in [7, 11) is 1.47. The maximum atomic E-state index is 13.5. The first-order chi connectivity index (χ1) is 14.8. The zero-order valence-electron chi connectivity index (χ0n) is 16.4. The minimum atomic E-state index is -4.67. The number of methoxy groups -OCH3 is 1. The lowest BCUT2D eigenvalue weighted by Gasteiger charge is -2.15. The van der Waals surface area contributed by atoms with Crippen LogP contribution in [0.3, 0.4) is 0 Å². The molecular formula is C21H18F3N5O2. The summed E-state index contributed by atoms with van der Waals surface area (Å²) in [6.45, 7) is 3.41. The van der Waals surface area contributed by atoms with Crippen LogP contribution in [0.1, 0.15) is 11.1 Å². The van der Waals surface area contributed by atoms with Crippen LogP contribution in [0.2, 0.25) is 0 Å². The van der Waals surface area contributed by atoms with E-state index in [1.807, 2.05) is 0 Å². The summed E-state index contributed by atoms with van der Waals surface area (Å²) >= 11 is 0. The van der Waals surface area contributed by atoms with Crippen LogP contribution >= 0.6 is 0 Å². The van der Waals surface area contributed by atoms with Gasteiger partial charge in [0.05, 0.1) is 19.0 Å². The lowest BCUT2D eigenvalue weighted by molar-refractivity contribution is -0.137. The van der Waals surface area contributed by atoms with Crippen molar-refractivity contribution in [3.05, 3.63) is 72.6 Å². The quantitative estimate of drug-likeness (QED) is 0.503. The van der Waals surface area contributed by atoms with E-state index in [-0.39, 0.29) is 18.2 Å². The fourth-order valence-electron chi connectivity index (χ4n) is 2.62. The van der Waals surface area contributed by atoms with Crippen LogP contribution in [0, 0.1) is 0 Å². The highest BCUT2D eigenvalue weighted by molar-refractivity contribution is 5.91. The molecule has 0 atom stereocenters. The maximum Gasteiger partial charge on any atom is 0.421 e. The summed E-state index contributed by atoms with van der Waals surface area (Å²) in [5.74, 6) is -0.301. The van der Waals surface area contributed by atoms with E-state index in [1.165, 1.54) is 19.4 Å². The smallest absolute Gasteiger partial charge is 0.421 e. The molecule has 31 heavy (non-hydrogen) atoms. The van der Waals surface area contributed by atoms with Crippen molar-refractivity contribution < 1.29 is 22.7 Å². The van der Waals surface area contributed by atoms with Gasteiger partial charge in [0.2, 0.25) is 11.8 Å². The molecule has 0 saturated carbocycles. The largest absolute Gasteiger partial charge is 0.481 e. The number of allylic oxidation sites excluding steroid dienone is 1. The maximum absolute atomic E-state index is 13.5. The molecule has 1 aromatic carbocycles. The van der Waals surface area contributed by atoms with Crippen LogP contribution in [0.15, 0.2) is 61.4 Å². The molecule has 0 aliphatic rings. The number of nitrogens with one attached hydrogen (secondary N) is 2. The molecule has 0 saturated heterocycles. The molecule has 0 radical (unpaired) electrons. The van der Waals surface area contributed by atoms with E-state index >= 15 is 0 Å². The fraction of sp³-hybridized carbons (Fsp3) is 0.143. The number of rotatable bonds is 8. The summed E-state index contributed by atoms with van der Waals surface area (Å²) in [4.78, 5) is 23.3. The van der Waals surface area contributed by atoms with Crippen LogP contribution in [-0.2, 0) is 17.4 Å². The molecule has 0 bridgehead atoms. The van der Waals surface area contributed by atoms with Gasteiger partial charge in [0.15, 0.2) is 5.78 Å². The predicted molar refractivity (Wildman–Crippen MR) is 110 cm³/mol. The highest BCUT2D eigenvalue weighted by Crippen LogP contribution is 2.35. The lowest BCUT2D eigenvalue weighted by Crippen LogP contribution is -2.12. The van der Waals surface area contributed by atoms with Crippen molar-refractivity contribution in [3.8, 4) is 5.88 Å². The molecule has 0 amide bonds. The van der Waals surface area contributed by atoms with Crippen molar-refractivity contribution >= 4 is 28.9 Å². The third-order valence-electron chi connectivity index (χ3n) is 4.09. The number of ketones is 1. The van der Waals surface area contributed by atoms with Crippen molar-refractivity contribution in [3.63, 3.8) is 0 Å². The minimum absolute atomic E-state index is 0.0551. The molecule has 2 heterocycles. The van der Waals surface area contributed by atoms with Gasteiger partial charge in [-0.05, 0) is 29.8 Å². The van der Waals surface area contributed by atoms with E-state index in [9.17, 15) is 18.0 Å². The number of benzene rings is 1. The number of aromatic nitrogens is 3. The van der Waals surface area contributed by atoms with Crippen molar-refractivity contribution in [2.75, 3.05) is 17.7 Å². The third kappa shape index (κ3) is 5.78. The van der Waals surface area contributed by atoms with E-state index in [0.717, 1.165) is 0 Å². The van der Waals surface area contributed by atoms with E-state index in [2.05, 4.69) is 32.2 Å². The molecule has 0 aliphatic heterocycles. The second-order valence-corrected chi connectivity index (χ2v) is 6.34. The average molecular weight is 429 g/mol. The second kappa shape index (κ2) is 9.24. The number of ether oxygens (including phenoxy) is 1. The Kier molecular flexibility index (Phi) is 6.49. The van der Waals surface area contributed by atoms with Crippen molar-refractivity contribution in [1.29, 1.82) is 0 Å². The van der Waals surface area contributed by atoms with Gasteiger partial charge in [-0.2, -0.15) is 18.2 Å². The number of nitrogens with zero attached hydrogens (tertiary/aromatic N) is 3. The third-order valence-corrected chi connectivity index (χ3v) is 4.09. The molecule has 3 aromatic rings. The molecule has 2 aromatic heterocycles. The summed E-state index contributed by atoms with van der Waals surface area (Å²) in [5.41, 5.74) is 0.408. The Labute approximate surface area is 176 Å². The van der Waals surface area contributed by atoms with E-state index < -0.39 is 17.6 Å². The summed E-state index contributed by atoms with van der Waals surface area (Å²) in [5, 5.41) is 5.47. The number of hydrogen-bond donors (Lipinski definition) is 2. The molecule has 160 valence electrons. The zero-order chi connectivity index (χ0) is 22.4. The molecule has 0 aliphatic carbocycles. The molecule has 0 unspecified atom stereocenters. The van der Waals surface area contributed by atoms with Crippen molar-refractivity contribution in [1.82, 2.24) is 15.0 Å². The first-order valence-electron chi connectivity index (χ1n) is 9.01. The number of carbonyl (C=O) groups is 1. The second-order valence-electron chi connectivity index (χ2n) is 6.34. The molecule has 3 rings (SSSR count). The van der Waals surface area contributed by atoms with Crippen LogP contribution in [0.4, 0.5) is 36.3 Å². The fourth-order valence-corrected chi connectivity index (χ4v) is 2.62. The zero-order valence-corrected chi connectivity index (χ0v) is 16.4. The number of pyridine rings is 1. The predicted octanol–water partition coefficient (Wildman–Crippen LogP) is 4.68. The highest BCUT2D eigenvalue weighted by Gasteiger charge is 2.35. The number of halogens is 3. The van der Waals surface area contributed by atoms with Gasteiger partial charge in [-0.3, -0.25) is 4.79 Å². The summed E-state index contributed by atoms with van der Waals surface area (Å²) in [6, 6.07) is 9.68. The molecule has 7 nitrogen and oxygen atoms in total. The van der Waals surface area contributed by atoms with Gasteiger partial charge in [-0.15, -0.1) is 0 Å². The van der Waals surface area contributed by atoms with Gasteiger partial charge in [-0.1, -0.05) is 18.7 Å². The van der Waals surface area contributed by atoms with Crippen LogP contribution in [0.5, 0.6) is 5.88 Å². The Balaban J connectivity index is 1.89. The lowest BCUT2D eigenvalue weighted by atomic mass is 10.1. The molecule has 10 heteroatoms. The Morgan fingerprint density at radius 2 is 1.94 bits per heavy atom. The first kappa shape index (κ1) is 21.8. The number of carbonyl (C=O) groups excluding carboxylic acids is 1. The van der Waals surface area contributed by atoms with E-state index in [1.54, 1.807) is 36.4 Å². The van der Waals surface area contributed by atoms with E-state index in [0.29, 0.717) is 29.0 Å². The van der Waals surface area contributed by atoms with Gasteiger partial charge in [0.1, 0.15) is 11.4 Å². The Hall–Kier alpha value is -3.95. The normalized spacial score (nSPS) is 11.0. The van der Waals surface area contributed by atoms with Gasteiger partial charge in [0, 0.05) is 24.4 Å². The molecule has 2 N–H and O–H groups in total. The Morgan fingerprint density at radius 3 is 2.58 bits per heavy atom. The molecule has 0 spiro atoms. The molecule has 0 fully saturated rings. The van der Waals surface area contributed by atoms with Gasteiger partial charge >= 0.3 is 6.18 Å². The Morgan fingerprint density at radius 1 is 1.13 bits per heavy atom. The number of anilines is 4.